The number of likely N-dealkylation sites (N-methyl/N-ethyl adjacent to an activating group) is 1. The lowest BCUT2D eigenvalue weighted by atomic mass is 9.58. The van der Waals surface area contributed by atoms with E-state index in [1.807, 2.05) is 41.3 Å². The van der Waals surface area contributed by atoms with Crippen LogP contribution in [-0.4, -0.2) is 47.1 Å². The van der Waals surface area contributed by atoms with Crippen molar-refractivity contribution in [2.45, 2.75) is 16.4 Å². The van der Waals surface area contributed by atoms with Crippen molar-refractivity contribution in [2.24, 2.45) is 5.41 Å². The van der Waals surface area contributed by atoms with Crippen molar-refractivity contribution in [1.29, 1.82) is 0 Å². The zero-order valence-electron chi connectivity index (χ0n) is 17.9. The normalized spacial score (nSPS) is 25.6. The number of Topliss-reactive ketones (excluding diaryl/α,β-unsaturated/α-hetero) is 3. The third kappa shape index (κ3) is 2.45. The molecule has 1 fully saturated rings. The Balaban J connectivity index is 1.65. The minimum atomic E-state index is -1.57. The minimum Gasteiger partial charge on any atom is -0.293 e. The van der Waals surface area contributed by atoms with E-state index in [0.717, 1.165) is 10.5 Å². The largest absolute Gasteiger partial charge is 0.293 e. The minimum absolute atomic E-state index is 0.129. The Labute approximate surface area is 200 Å². The fraction of sp³-hybridized carbons (Fsp3) is 0.222. The van der Waals surface area contributed by atoms with Crippen molar-refractivity contribution >= 4 is 40.7 Å². The van der Waals surface area contributed by atoms with Crippen molar-refractivity contribution in [2.75, 3.05) is 19.3 Å². The molecule has 3 aromatic carbocycles. The highest BCUT2D eigenvalue weighted by atomic mass is 35.5. The molecule has 2 atom stereocenters. The summed E-state index contributed by atoms with van der Waals surface area (Å²) in [6, 6.07) is 21.9. The summed E-state index contributed by atoms with van der Waals surface area (Å²) in [7, 11) is 1.80. The van der Waals surface area contributed by atoms with Gasteiger partial charge in [0.15, 0.2) is 22.9 Å². The first-order chi connectivity index (χ1) is 15.9. The van der Waals surface area contributed by atoms with Crippen LogP contribution in [0, 0.1) is 5.41 Å². The van der Waals surface area contributed by atoms with E-state index in [-0.39, 0.29) is 23.3 Å². The van der Waals surface area contributed by atoms with Gasteiger partial charge in [0.2, 0.25) is 0 Å². The Morgan fingerprint density at radius 2 is 1.39 bits per heavy atom. The molecule has 2 spiro atoms. The van der Waals surface area contributed by atoms with Crippen LogP contribution in [0.3, 0.4) is 0 Å². The van der Waals surface area contributed by atoms with E-state index in [1.165, 1.54) is 0 Å². The smallest absolute Gasteiger partial charge is 0.192 e. The van der Waals surface area contributed by atoms with Gasteiger partial charge in [0.05, 0.1) is 5.41 Å². The van der Waals surface area contributed by atoms with Gasteiger partial charge in [-0.1, -0.05) is 66.2 Å². The van der Waals surface area contributed by atoms with Gasteiger partial charge < -0.3 is 0 Å². The van der Waals surface area contributed by atoms with Gasteiger partial charge in [0.25, 0.3) is 0 Å². The Bertz CT molecular complexity index is 1320. The number of likely N-dealkylation sites (tertiary alicyclic amines) is 1. The van der Waals surface area contributed by atoms with Crippen LogP contribution in [0.1, 0.15) is 42.6 Å². The van der Waals surface area contributed by atoms with E-state index in [0.29, 0.717) is 34.0 Å². The molecule has 0 bridgehead atoms. The van der Waals surface area contributed by atoms with Crippen LogP contribution in [0.5, 0.6) is 0 Å². The van der Waals surface area contributed by atoms with Crippen molar-refractivity contribution in [3.8, 4) is 0 Å². The number of ketones is 3. The summed E-state index contributed by atoms with van der Waals surface area (Å²) < 4.78 is 0. The van der Waals surface area contributed by atoms with Gasteiger partial charge >= 0.3 is 0 Å². The molecule has 3 aromatic rings. The average Bonchev–Trinajstić information content (AvgIpc) is 3.23. The predicted octanol–water partition coefficient (Wildman–Crippen LogP) is 5.16. The molecular weight excluding hydrogens is 454 g/mol. The second kappa shape index (κ2) is 7.13. The van der Waals surface area contributed by atoms with Crippen LogP contribution < -0.4 is 0 Å². The number of hydrogen-bond donors (Lipinski definition) is 0. The Morgan fingerprint density at radius 3 is 2.03 bits per heavy atom. The third-order valence-corrected chi connectivity index (χ3v) is 9.13. The number of rotatable bonds is 1. The number of carbonyl (C=O) groups excluding carboxylic acids is 3. The predicted molar refractivity (Wildman–Crippen MR) is 129 cm³/mol. The SMILES string of the molecule is CN1C[C@@H](c2ccc(Cl)cc2)[C@@]2(CSc3ccccc3C2=O)C12C(=O)c1ccccc1C2=O. The van der Waals surface area contributed by atoms with Crippen LogP contribution >= 0.6 is 23.4 Å². The van der Waals surface area contributed by atoms with E-state index >= 15 is 0 Å². The van der Waals surface area contributed by atoms with Gasteiger partial charge in [-0.25, -0.2) is 0 Å². The highest BCUT2D eigenvalue weighted by Gasteiger charge is 2.76. The van der Waals surface area contributed by atoms with Crippen molar-refractivity contribution in [3.63, 3.8) is 0 Å². The summed E-state index contributed by atoms with van der Waals surface area (Å²) in [6.45, 7) is 0.418. The summed E-state index contributed by atoms with van der Waals surface area (Å²) >= 11 is 7.72. The molecule has 0 aromatic heterocycles. The average molecular weight is 474 g/mol. The lowest BCUT2D eigenvalue weighted by molar-refractivity contribution is 0.0361. The molecule has 2 heterocycles. The molecule has 0 saturated carbocycles. The molecule has 0 amide bonds. The number of hydrogen-bond acceptors (Lipinski definition) is 5. The second-order valence-electron chi connectivity index (χ2n) is 8.98. The molecule has 1 aliphatic carbocycles. The summed E-state index contributed by atoms with van der Waals surface area (Å²) in [5, 5.41) is 0.601. The summed E-state index contributed by atoms with van der Waals surface area (Å²) in [5.74, 6) is -0.650. The lowest BCUT2D eigenvalue weighted by Gasteiger charge is -2.46. The molecular formula is C27H20ClNO3S. The Kier molecular flexibility index (Phi) is 4.51. The molecule has 1 saturated heterocycles. The Morgan fingerprint density at radius 1 is 0.818 bits per heavy atom. The van der Waals surface area contributed by atoms with Gasteiger partial charge in [-0.15, -0.1) is 11.8 Å². The van der Waals surface area contributed by atoms with Gasteiger partial charge in [0, 0.05) is 44.8 Å². The molecule has 0 unspecified atom stereocenters. The zero-order chi connectivity index (χ0) is 23.0. The summed E-state index contributed by atoms with van der Waals surface area (Å²) in [5.41, 5.74) is -0.503. The van der Waals surface area contributed by atoms with Crippen molar-refractivity contribution in [3.05, 3.63) is 100 Å². The van der Waals surface area contributed by atoms with Gasteiger partial charge in [-0.2, -0.15) is 0 Å². The van der Waals surface area contributed by atoms with Crippen LogP contribution in [0.2, 0.25) is 5.02 Å². The Hall–Kier alpha value is -2.73. The maximum atomic E-state index is 14.5. The van der Waals surface area contributed by atoms with E-state index in [9.17, 15) is 14.4 Å². The van der Waals surface area contributed by atoms with Crippen LogP contribution in [0.4, 0.5) is 0 Å². The maximum absolute atomic E-state index is 14.5. The van der Waals surface area contributed by atoms with Crippen LogP contribution in [0.25, 0.3) is 0 Å². The third-order valence-electron chi connectivity index (χ3n) is 7.61. The molecule has 2 aliphatic heterocycles. The van der Waals surface area contributed by atoms with Gasteiger partial charge in [0.1, 0.15) is 0 Å². The van der Waals surface area contributed by atoms with Gasteiger partial charge in [-0.3, -0.25) is 19.3 Å². The molecule has 164 valence electrons. The van der Waals surface area contributed by atoms with E-state index in [1.54, 1.807) is 55.2 Å². The molecule has 33 heavy (non-hydrogen) atoms. The molecule has 6 rings (SSSR count). The highest BCUT2D eigenvalue weighted by Crippen LogP contribution is 2.63. The van der Waals surface area contributed by atoms with E-state index in [2.05, 4.69) is 0 Å². The number of thioether (sulfide) groups is 1. The number of halogens is 1. The summed E-state index contributed by atoms with van der Waals surface area (Å²) in [6.07, 6.45) is 0. The quantitative estimate of drug-likeness (QED) is 0.457. The topological polar surface area (TPSA) is 54.5 Å². The number of fused-ring (bicyclic) bond motifs is 3. The first kappa shape index (κ1) is 20.8. The van der Waals surface area contributed by atoms with Crippen LogP contribution in [-0.2, 0) is 0 Å². The summed E-state index contributed by atoms with van der Waals surface area (Å²) in [4.78, 5) is 45.5. The first-order valence-corrected chi connectivity index (χ1v) is 12.2. The number of benzene rings is 3. The molecule has 4 nitrogen and oxygen atoms in total. The molecule has 6 heteroatoms. The fourth-order valence-electron chi connectivity index (χ4n) is 6.17. The standard InChI is InChI=1S/C27H20ClNO3S/c1-29-14-21(16-10-12-17(28)13-11-16)26(15-33-22-9-5-4-8-20(22)23(26)30)27(29)24(31)18-6-2-3-7-19(18)25(27)32/h2-13,21H,14-15H2,1H3/t21-,26+/m0/s1. The van der Waals surface area contributed by atoms with Gasteiger partial charge in [-0.05, 0) is 30.8 Å². The number of nitrogens with zero attached hydrogens (tertiary/aromatic N) is 1. The molecule has 0 radical (unpaired) electrons. The van der Waals surface area contributed by atoms with Crippen molar-refractivity contribution in [1.82, 2.24) is 4.90 Å². The monoisotopic (exact) mass is 473 g/mol. The van der Waals surface area contributed by atoms with Crippen molar-refractivity contribution < 1.29 is 14.4 Å². The second-order valence-corrected chi connectivity index (χ2v) is 10.4. The highest BCUT2D eigenvalue weighted by molar-refractivity contribution is 7.99. The van der Waals surface area contributed by atoms with Crippen LogP contribution in [0.15, 0.2) is 77.7 Å². The number of carbonyl (C=O) groups is 3. The first-order valence-electron chi connectivity index (χ1n) is 10.8. The fourth-order valence-corrected chi connectivity index (χ4v) is 7.71. The molecule has 0 N–H and O–H groups in total. The maximum Gasteiger partial charge on any atom is 0.192 e. The van der Waals surface area contributed by atoms with E-state index < -0.39 is 11.0 Å². The molecule has 3 aliphatic rings. The van der Waals surface area contributed by atoms with E-state index in [4.69, 9.17) is 11.6 Å². The lowest BCUT2D eigenvalue weighted by Crippen LogP contribution is -2.66. The zero-order valence-corrected chi connectivity index (χ0v) is 19.5.